The molecule has 0 aliphatic carbocycles. The van der Waals surface area contributed by atoms with Gasteiger partial charge in [-0.05, 0) is 0 Å². The van der Waals surface area contributed by atoms with Gasteiger partial charge in [0.05, 0.1) is 6.33 Å². The first kappa shape index (κ1) is 15.6. The zero-order valence-electron chi connectivity index (χ0n) is 8.67. The van der Waals surface area contributed by atoms with Crippen LogP contribution in [0.1, 0.15) is 0 Å². The quantitative estimate of drug-likeness (QED) is 0.415. The molecule has 2 rings (SSSR count). The molecule has 2 heterocycles. The molecule has 2 N–H and O–H groups in total. The Morgan fingerprint density at radius 1 is 1.41 bits per heavy atom. The number of aromatic nitrogens is 4. The van der Waals surface area contributed by atoms with Crippen LogP contribution in [0.3, 0.4) is 0 Å². The molecule has 0 unspecified atom stereocenters. The second-order valence-corrected chi connectivity index (χ2v) is 2.95. The summed E-state index contributed by atoms with van der Waals surface area (Å²) >= 11 is 0. The zero-order chi connectivity index (χ0) is 12.3. The number of rotatable bonds is 0. The summed E-state index contributed by atoms with van der Waals surface area (Å²) in [5.74, 6) is 0. The number of hydrogen-bond donors (Lipinski definition) is 2. The first-order chi connectivity index (χ1) is 7.52. The van der Waals surface area contributed by atoms with Crippen molar-refractivity contribution in [2.45, 2.75) is 0 Å². The molecule has 0 saturated heterocycles. The molecule has 0 amide bonds. The Bertz CT molecular complexity index is 626. The second kappa shape index (κ2) is 6.38. The zero-order valence-corrected chi connectivity index (χ0v) is 8.67. The van der Waals surface area contributed by atoms with Crippen molar-refractivity contribution in [2.24, 2.45) is 14.1 Å². The summed E-state index contributed by atoms with van der Waals surface area (Å²) in [6.07, 6.45) is 1.50. The van der Waals surface area contributed by atoms with Gasteiger partial charge >= 0.3 is 35.2 Å². The summed E-state index contributed by atoms with van der Waals surface area (Å²) in [6, 6.07) is 0. The molecule has 17 heavy (non-hydrogen) atoms. The van der Waals surface area contributed by atoms with Crippen LogP contribution in [0.25, 0.3) is 11.2 Å². The standard InChI is InChI=1S/C7H8N4O2.CH2O2.Na.H/c1-10-3-8-5-4(10)6(12)9-7(13)11(5)2;2-1-3;;/h3H,1-2H3,(H,9,12,13);1H,(H,2,3);;. The predicted molar refractivity (Wildman–Crippen MR) is 62.4 cm³/mol. The number of aromatic amines is 1. The van der Waals surface area contributed by atoms with Gasteiger partial charge in [0.1, 0.15) is 0 Å². The maximum atomic E-state index is 11.3. The summed E-state index contributed by atoms with van der Waals surface area (Å²) in [7, 11) is 3.27. The molecule has 0 fully saturated rings. The molecule has 9 heteroatoms. The molecule has 0 radical (unpaired) electrons. The van der Waals surface area contributed by atoms with Crippen molar-refractivity contribution in [3.05, 3.63) is 27.2 Å². The van der Waals surface area contributed by atoms with Crippen LogP contribution in [0.4, 0.5) is 0 Å². The molecule has 0 aliphatic heterocycles. The number of nitrogens with one attached hydrogen (secondary N) is 1. The first-order valence-corrected chi connectivity index (χ1v) is 4.21. The molecule has 0 spiro atoms. The third-order valence-electron chi connectivity index (χ3n) is 1.98. The summed E-state index contributed by atoms with van der Waals surface area (Å²) in [5, 5.41) is 6.89. The van der Waals surface area contributed by atoms with E-state index in [1.807, 2.05) is 0 Å². The second-order valence-electron chi connectivity index (χ2n) is 2.95. The number of aryl methyl sites for hydroxylation is 2. The van der Waals surface area contributed by atoms with Gasteiger partial charge in [-0.25, -0.2) is 9.78 Å². The van der Waals surface area contributed by atoms with Gasteiger partial charge in [-0.2, -0.15) is 0 Å². The molecule has 88 valence electrons. The fraction of sp³-hybridized carbons (Fsp3) is 0.250. The Balaban J connectivity index is 0.000000583. The number of carboxylic acid groups (broad SMARTS) is 1. The third-order valence-corrected chi connectivity index (χ3v) is 1.98. The van der Waals surface area contributed by atoms with Crippen LogP contribution in [0.15, 0.2) is 15.9 Å². The van der Waals surface area contributed by atoms with Crippen molar-refractivity contribution in [2.75, 3.05) is 0 Å². The maximum absolute atomic E-state index is 11.3. The van der Waals surface area contributed by atoms with Crippen molar-refractivity contribution in [1.29, 1.82) is 0 Å². The van der Waals surface area contributed by atoms with Gasteiger partial charge < -0.3 is 9.67 Å². The summed E-state index contributed by atoms with van der Waals surface area (Å²) < 4.78 is 2.88. The topological polar surface area (TPSA) is 110 Å². The molecular formula is C8H11N4NaO4. The van der Waals surface area contributed by atoms with Crippen molar-refractivity contribution >= 4 is 47.2 Å². The number of H-pyrrole nitrogens is 1. The van der Waals surface area contributed by atoms with Gasteiger partial charge in [0.2, 0.25) is 0 Å². The van der Waals surface area contributed by atoms with E-state index in [1.165, 1.54) is 10.9 Å². The van der Waals surface area contributed by atoms with E-state index in [0.717, 1.165) is 0 Å². The van der Waals surface area contributed by atoms with E-state index in [2.05, 4.69) is 9.97 Å². The Morgan fingerprint density at radius 3 is 2.47 bits per heavy atom. The number of imidazole rings is 1. The molecular weight excluding hydrogens is 239 g/mol. The third kappa shape index (κ3) is 3.05. The van der Waals surface area contributed by atoms with Crippen LogP contribution < -0.4 is 11.2 Å². The van der Waals surface area contributed by atoms with Crippen molar-refractivity contribution in [3.63, 3.8) is 0 Å². The van der Waals surface area contributed by atoms with Crippen molar-refractivity contribution in [3.8, 4) is 0 Å². The van der Waals surface area contributed by atoms with E-state index < -0.39 is 11.2 Å². The van der Waals surface area contributed by atoms with E-state index >= 15 is 0 Å². The number of carbonyl (C=O) groups is 1. The average molecular weight is 250 g/mol. The minimum absolute atomic E-state index is 0. The van der Waals surface area contributed by atoms with Crippen LogP contribution in [0.5, 0.6) is 0 Å². The fourth-order valence-corrected chi connectivity index (χ4v) is 1.26. The van der Waals surface area contributed by atoms with Crippen LogP contribution >= 0.6 is 0 Å². The summed E-state index contributed by atoms with van der Waals surface area (Å²) in [6.45, 7) is -0.250. The molecule has 0 aliphatic rings. The summed E-state index contributed by atoms with van der Waals surface area (Å²) in [5.41, 5.74) is -0.0485. The van der Waals surface area contributed by atoms with Gasteiger partial charge in [0.25, 0.3) is 12.0 Å². The predicted octanol–water partition coefficient (Wildman–Crippen LogP) is -1.99. The Morgan fingerprint density at radius 2 is 1.94 bits per heavy atom. The van der Waals surface area contributed by atoms with E-state index in [4.69, 9.17) is 9.90 Å². The Hall–Kier alpha value is -1.38. The van der Waals surface area contributed by atoms with Gasteiger partial charge in [-0.1, -0.05) is 0 Å². The van der Waals surface area contributed by atoms with Crippen LogP contribution in [0, 0.1) is 0 Å². The Kier molecular flexibility index (Phi) is 5.86. The summed E-state index contributed by atoms with van der Waals surface area (Å²) in [4.78, 5) is 36.9. The molecule has 0 bridgehead atoms. The van der Waals surface area contributed by atoms with Crippen LogP contribution in [0.2, 0.25) is 0 Å². The van der Waals surface area contributed by atoms with Crippen LogP contribution in [-0.4, -0.2) is 60.2 Å². The molecule has 2 aromatic heterocycles. The van der Waals surface area contributed by atoms with E-state index in [-0.39, 0.29) is 36.0 Å². The Labute approximate surface area is 117 Å². The SMILES string of the molecule is Cn1cnc2c1c(=O)[nH]c(=O)n2C.O=CO.[NaH]. The molecule has 2 aromatic rings. The van der Waals surface area contributed by atoms with Gasteiger partial charge in [0, 0.05) is 14.1 Å². The molecule has 0 saturated carbocycles. The first-order valence-electron chi connectivity index (χ1n) is 4.21. The molecule has 8 nitrogen and oxygen atoms in total. The molecule has 0 atom stereocenters. The number of fused-ring (bicyclic) bond motifs is 1. The molecule has 0 aromatic carbocycles. The van der Waals surface area contributed by atoms with Gasteiger partial charge in [0.15, 0.2) is 11.2 Å². The number of nitrogens with zero attached hydrogens (tertiary/aromatic N) is 3. The van der Waals surface area contributed by atoms with Gasteiger partial charge in [-0.3, -0.25) is 19.1 Å². The fourth-order valence-electron chi connectivity index (χ4n) is 1.26. The van der Waals surface area contributed by atoms with E-state index in [1.54, 1.807) is 18.7 Å². The average Bonchev–Trinajstić information content (AvgIpc) is 2.59. The van der Waals surface area contributed by atoms with Crippen molar-refractivity contribution in [1.82, 2.24) is 19.1 Å². The minimum atomic E-state index is -0.448. The number of hydrogen-bond acceptors (Lipinski definition) is 4. The monoisotopic (exact) mass is 250 g/mol. The van der Waals surface area contributed by atoms with E-state index in [9.17, 15) is 9.59 Å². The van der Waals surface area contributed by atoms with Gasteiger partial charge in [-0.15, -0.1) is 0 Å². The normalized spacial score (nSPS) is 9.06. The van der Waals surface area contributed by atoms with E-state index in [0.29, 0.717) is 11.2 Å². The van der Waals surface area contributed by atoms with Crippen LogP contribution in [-0.2, 0) is 18.9 Å². The van der Waals surface area contributed by atoms with Crippen molar-refractivity contribution < 1.29 is 9.90 Å².